The zero-order valence-electron chi connectivity index (χ0n) is 16.7. The van der Waals surface area contributed by atoms with Gasteiger partial charge in [-0.05, 0) is 36.6 Å². The number of unbranched alkanes of at least 4 members (excludes halogenated alkanes) is 1. The van der Waals surface area contributed by atoms with Crippen LogP contribution in [-0.2, 0) is 6.42 Å². The third-order valence-corrected chi connectivity index (χ3v) is 4.56. The zero-order chi connectivity index (χ0) is 21.5. The van der Waals surface area contributed by atoms with Crippen molar-refractivity contribution in [3.63, 3.8) is 0 Å². The Morgan fingerprint density at radius 1 is 1.07 bits per heavy atom. The number of carboxylic acids is 1. The largest absolute Gasteiger partial charge is 0.490 e. The summed E-state index contributed by atoms with van der Waals surface area (Å²) in [6.45, 7) is 2.04. The number of fused-ring (bicyclic) bond motifs is 1. The number of para-hydroxylation sites is 2. The van der Waals surface area contributed by atoms with E-state index < -0.39 is 23.3 Å². The van der Waals surface area contributed by atoms with Crippen molar-refractivity contribution in [3.8, 4) is 11.5 Å². The molecule has 0 aliphatic heterocycles. The molecule has 0 saturated carbocycles. The number of carbonyl (C=O) groups is 1. The normalized spacial score (nSPS) is 11.9. The number of aryl methyl sites for hydroxylation is 1. The molecule has 158 valence electrons. The molecule has 0 amide bonds. The van der Waals surface area contributed by atoms with E-state index in [2.05, 4.69) is 6.92 Å². The maximum atomic E-state index is 12.1. The number of hydrogen-bond donors (Lipinski definition) is 2. The lowest BCUT2D eigenvalue weighted by molar-refractivity contribution is 0.0619. The molecule has 1 aromatic heterocycles. The highest BCUT2D eigenvalue weighted by atomic mass is 16.5. The Morgan fingerprint density at radius 3 is 2.50 bits per heavy atom. The maximum Gasteiger partial charge on any atom is 0.371 e. The highest BCUT2D eigenvalue weighted by Gasteiger charge is 2.15. The number of aliphatic hydroxyl groups is 1. The van der Waals surface area contributed by atoms with Crippen LogP contribution in [0.3, 0.4) is 0 Å². The Balaban J connectivity index is 1.67. The van der Waals surface area contributed by atoms with Crippen LogP contribution in [0.1, 0.15) is 35.9 Å². The van der Waals surface area contributed by atoms with Crippen molar-refractivity contribution in [2.24, 2.45) is 0 Å². The number of ether oxygens (including phenoxy) is 2. The van der Waals surface area contributed by atoms with Crippen molar-refractivity contribution in [1.82, 2.24) is 0 Å². The standard InChI is InChI=1S/C23H24O7/c1-2-3-7-15-8-4-5-10-19(15)28-13-16(24)14-29-20-11-6-9-17-18(25)12-21(23(26)27)30-22(17)20/h4-6,8-12,16,24H,2-3,7,13-14H2,1H3,(H,26,27). The topological polar surface area (TPSA) is 106 Å². The Morgan fingerprint density at radius 2 is 1.77 bits per heavy atom. The van der Waals surface area contributed by atoms with E-state index in [-0.39, 0.29) is 29.9 Å². The van der Waals surface area contributed by atoms with E-state index in [0.717, 1.165) is 36.6 Å². The Labute approximate surface area is 173 Å². The molecule has 0 aliphatic rings. The fourth-order valence-electron chi connectivity index (χ4n) is 3.01. The predicted molar refractivity (Wildman–Crippen MR) is 111 cm³/mol. The number of benzene rings is 2. The van der Waals surface area contributed by atoms with Gasteiger partial charge in [-0.15, -0.1) is 0 Å². The van der Waals surface area contributed by atoms with Crippen LogP contribution >= 0.6 is 0 Å². The molecule has 3 rings (SSSR count). The number of aliphatic hydroxyl groups excluding tert-OH is 1. The molecule has 1 unspecified atom stereocenters. The van der Waals surface area contributed by atoms with Crippen LogP contribution in [0.15, 0.2) is 57.7 Å². The van der Waals surface area contributed by atoms with Gasteiger partial charge in [0.05, 0.1) is 5.39 Å². The lowest BCUT2D eigenvalue weighted by Gasteiger charge is -2.16. The number of rotatable bonds is 10. The third-order valence-electron chi connectivity index (χ3n) is 4.56. The van der Waals surface area contributed by atoms with Crippen molar-refractivity contribution < 1.29 is 28.9 Å². The second kappa shape index (κ2) is 9.93. The summed E-state index contributed by atoms with van der Waals surface area (Å²) < 4.78 is 16.7. The Bertz CT molecular complexity index is 1070. The van der Waals surface area contributed by atoms with E-state index in [9.17, 15) is 14.7 Å². The zero-order valence-corrected chi connectivity index (χ0v) is 16.7. The van der Waals surface area contributed by atoms with Crippen molar-refractivity contribution in [2.45, 2.75) is 32.3 Å². The summed E-state index contributed by atoms with van der Waals surface area (Å²) in [6, 6.07) is 13.3. The van der Waals surface area contributed by atoms with Gasteiger partial charge in [0, 0.05) is 6.07 Å². The van der Waals surface area contributed by atoms with Gasteiger partial charge in [-0.2, -0.15) is 0 Å². The first-order valence-electron chi connectivity index (χ1n) is 9.81. The van der Waals surface area contributed by atoms with Crippen LogP contribution in [0.4, 0.5) is 0 Å². The molecule has 7 nitrogen and oxygen atoms in total. The minimum Gasteiger partial charge on any atom is -0.490 e. The summed E-state index contributed by atoms with van der Waals surface area (Å²) >= 11 is 0. The molecule has 0 fully saturated rings. The molecular formula is C23H24O7. The van der Waals surface area contributed by atoms with Crippen LogP contribution in [-0.4, -0.2) is 35.5 Å². The summed E-state index contributed by atoms with van der Waals surface area (Å²) in [6.07, 6.45) is 2.10. The molecule has 0 aliphatic carbocycles. The molecule has 3 aromatic rings. The van der Waals surface area contributed by atoms with E-state index in [1.54, 1.807) is 12.1 Å². The molecule has 2 N–H and O–H groups in total. The molecular weight excluding hydrogens is 388 g/mol. The van der Waals surface area contributed by atoms with Gasteiger partial charge in [-0.3, -0.25) is 4.79 Å². The second-order valence-corrected chi connectivity index (χ2v) is 6.90. The number of aromatic carboxylic acids is 1. The highest BCUT2D eigenvalue weighted by molar-refractivity contribution is 5.89. The Kier molecular flexibility index (Phi) is 7.08. The van der Waals surface area contributed by atoms with Gasteiger partial charge in [-0.25, -0.2) is 4.79 Å². The molecule has 0 radical (unpaired) electrons. The van der Waals surface area contributed by atoms with Gasteiger partial charge in [0.1, 0.15) is 25.1 Å². The van der Waals surface area contributed by atoms with Gasteiger partial charge in [0.25, 0.3) is 0 Å². The van der Waals surface area contributed by atoms with Crippen molar-refractivity contribution in [2.75, 3.05) is 13.2 Å². The molecule has 7 heteroatoms. The highest BCUT2D eigenvalue weighted by Crippen LogP contribution is 2.25. The first-order valence-corrected chi connectivity index (χ1v) is 9.81. The molecule has 2 aromatic carbocycles. The predicted octanol–water partition coefficient (Wildman–Crippen LogP) is 3.65. The summed E-state index contributed by atoms with van der Waals surface area (Å²) in [5, 5.41) is 19.6. The van der Waals surface area contributed by atoms with Crippen molar-refractivity contribution in [1.29, 1.82) is 0 Å². The lowest BCUT2D eigenvalue weighted by atomic mass is 10.1. The van der Waals surface area contributed by atoms with Crippen molar-refractivity contribution >= 4 is 16.9 Å². The minimum atomic E-state index is -1.35. The number of hydrogen-bond acceptors (Lipinski definition) is 6. The van der Waals surface area contributed by atoms with Crippen molar-refractivity contribution in [3.05, 3.63) is 70.1 Å². The molecule has 0 bridgehead atoms. The second-order valence-electron chi connectivity index (χ2n) is 6.90. The van der Waals surface area contributed by atoms with E-state index in [0.29, 0.717) is 0 Å². The minimum absolute atomic E-state index is 0.0260. The number of carboxylic acid groups (broad SMARTS) is 1. The first kappa shape index (κ1) is 21.4. The average molecular weight is 412 g/mol. The van der Waals surface area contributed by atoms with Crippen LogP contribution in [0.2, 0.25) is 0 Å². The summed E-state index contributed by atoms with van der Waals surface area (Å²) in [7, 11) is 0. The molecule has 1 atom stereocenters. The summed E-state index contributed by atoms with van der Waals surface area (Å²) in [5.74, 6) is -0.919. The van der Waals surface area contributed by atoms with Crippen LogP contribution < -0.4 is 14.9 Å². The van der Waals surface area contributed by atoms with Gasteiger partial charge in [-0.1, -0.05) is 37.6 Å². The van der Waals surface area contributed by atoms with E-state index in [1.807, 2.05) is 24.3 Å². The SMILES string of the molecule is CCCCc1ccccc1OCC(O)COc1cccc2c(=O)cc(C(=O)O)oc12. The Hall–Kier alpha value is -3.32. The smallest absolute Gasteiger partial charge is 0.371 e. The summed E-state index contributed by atoms with van der Waals surface area (Å²) in [4.78, 5) is 23.3. The van der Waals surface area contributed by atoms with Gasteiger partial charge in [0.2, 0.25) is 5.76 Å². The molecule has 30 heavy (non-hydrogen) atoms. The van der Waals surface area contributed by atoms with Gasteiger partial charge < -0.3 is 24.1 Å². The molecule has 0 spiro atoms. The van der Waals surface area contributed by atoms with E-state index in [4.69, 9.17) is 19.0 Å². The fraction of sp³-hybridized carbons (Fsp3) is 0.304. The summed E-state index contributed by atoms with van der Waals surface area (Å²) in [5.41, 5.74) is 0.636. The first-order chi connectivity index (χ1) is 14.5. The van der Waals surface area contributed by atoms with Crippen LogP contribution in [0.25, 0.3) is 11.0 Å². The lowest BCUT2D eigenvalue weighted by Crippen LogP contribution is -2.25. The fourth-order valence-corrected chi connectivity index (χ4v) is 3.01. The van der Waals surface area contributed by atoms with Crippen LogP contribution in [0, 0.1) is 0 Å². The molecule has 1 heterocycles. The third kappa shape index (κ3) is 5.18. The van der Waals surface area contributed by atoms with Gasteiger partial charge in [0.15, 0.2) is 16.8 Å². The van der Waals surface area contributed by atoms with E-state index >= 15 is 0 Å². The van der Waals surface area contributed by atoms with E-state index in [1.165, 1.54) is 6.07 Å². The maximum absolute atomic E-state index is 12.1. The van der Waals surface area contributed by atoms with Crippen LogP contribution in [0.5, 0.6) is 11.5 Å². The quantitative estimate of drug-likeness (QED) is 0.523. The monoisotopic (exact) mass is 412 g/mol. The van der Waals surface area contributed by atoms with Gasteiger partial charge >= 0.3 is 5.97 Å². The molecule has 0 saturated heterocycles. The average Bonchev–Trinajstić information content (AvgIpc) is 2.75.